The van der Waals surface area contributed by atoms with Crippen molar-refractivity contribution in [2.45, 2.75) is 12.3 Å². The fourth-order valence-electron chi connectivity index (χ4n) is 2.89. The van der Waals surface area contributed by atoms with E-state index in [1.807, 2.05) is 12.1 Å². The zero-order valence-electron chi connectivity index (χ0n) is 12.5. The third-order valence-corrected chi connectivity index (χ3v) is 5.06. The molecule has 0 bridgehead atoms. The van der Waals surface area contributed by atoms with Crippen LogP contribution in [0.4, 0.5) is 4.79 Å². The number of hydrogen-bond acceptors (Lipinski definition) is 6. The molecule has 2 atom stereocenters. The predicted octanol–water partition coefficient (Wildman–Crippen LogP) is -0.907. The van der Waals surface area contributed by atoms with E-state index in [1.54, 1.807) is 46.9 Å². The molecule has 2 aromatic rings. The number of hydrogen-bond donors (Lipinski definition) is 1. The maximum atomic E-state index is 12.8. The van der Waals surface area contributed by atoms with E-state index < -0.39 is 6.17 Å². The SMILES string of the molecule is CN1C(=O)N(C)C2C1NN=c1s/c(=C\c3cccnc3)c(=O)n12. The molecule has 0 saturated carbocycles. The molecule has 4 rings (SSSR count). The van der Waals surface area contributed by atoms with Gasteiger partial charge in [-0.25, -0.2) is 4.79 Å². The maximum Gasteiger partial charge on any atom is 0.323 e. The highest BCUT2D eigenvalue weighted by Gasteiger charge is 2.46. The lowest BCUT2D eigenvalue weighted by atomic mass is 10.3. The number of likely N-dealkylation sites (N-methyl/N-ethyl adjacent to an activating group) is 2. The molecule has 0 radical (unpaired) electrons. The van der Waals surface area contributed by atoms with Crippen LogP contribution >= 0.6 is 11.3 Å². The Kier molecular flexibility index (Phi) is 2.98. The van der Waals surface area contributed by atoms with Gasteiger partial charge in [0.1, 0.15) is 0 Å². The summed E-state index contributed by atoms with van der Waals surface area (Å²) >= 11 is 1.29. The Morgan fingerprint density at radius 2 is 2.13 bits per heavy atom. The Morgan fingerprint density at radius 1 is 1.30 bits per heavy atom. The van der Waals surface area contributed by atoms with Gasteiger partial charge in [0.2, 0.25) is 4.80 Å². The van der Waals surface area contributed by atoms with E-state index in [4.69, 9.17) is 0 Å². The summed E-state index contributed by atoms with van der Waals surface area (Å²) in [4.78, 5) is 32.6. The first kappa shape index (κ1) is 13.9. The minimum atomic E-state index is -0.403. The number of pyridine rings is 1. The molecule has 1 saturated heterocycles. The van der Waals surface area contributed by atoms with E-state index in [1.165, 1.54) is 11.3 Å². The van der Waals surface area contributed by atoms with Crippen LogP contribution in [0.5, 0.6) is 0 Å². The summed E-state index contributed by atoms with van der Waals surface area (Å²) < 4.78 is 2.14. The summed E-state index contributed by atoms with van der Waals surface area (Å²) in [5, 5.41) is 4.25. The second-order valence-corrected chi connectivity index (χ2v) is 6.47. The molecule has 8 nitrogen and oxygen atoms in total. The summed E-state index contributed by atoms with van der Waals surface area (Å²) in [7, 11) is 3.38. The van der Waals surface area contributed by atoms with Crippen molar-refractivity contribution in [2.75, 3.05) is 14.1 Å². The number of nitrogens with one attached hydrogen (secondary N) is 1. The fourth-order valence-corrected chi connectivity index (χ4v) is 3.86. The van der Waals surface area contributed by atoms with Crippen molar-refractivity contribution in [1.82, 2.24) is 24.8 Å². The van der Waals surface area contributed by atoms with Crippen LogP contribution in [-0.4, -0.2) is 45.6 Å². The summed E-state index contributed by atoms with van der Waals surface area (Å²) in [6, 6.07) is 3.55. The first-order chi connectivity index (χ1) is 11.1. The maximum absolute atomic E-state index is 12.8. The molecule has 2 unspecified atom stereocenters. The van der Waals surface area contributed by atoms with Gasteiger partial charge >= 0.3 is 6.03 Å². The standard InChI is InChI=1S/C14H14N6O2S/c1-18-10-11(19(2)14(18)22)20-12(21)9(23-13(20)17-16-10)6-8-4-3-5-15-7-8/h3-7,10-11,16H,1-2H3/b9-6-. The van der Waals surface area contributed by atoms with Crippen LogP contribution in [0, 0.1) is 0 Å². The first-order valence-electron chi connectivity index (χ1n) is 7.04. The number of fused-ring (bicyclic) bond motifs is 3. The van der Waals surface area contributed by atoms with E-state index in [0.29, 0.717) is 9.33 Å². The summed E-state index contributed by atoms with van der Waals surface area (Å²) in [6.45, 7) is 0. The average Bonchev–Trinajstić information content (AvgIpc) is 2.99. The highest BCUT2D eigenvalue weighted by atomic mass is 32.1. The normalized spacial score (nSPS) is 23.4. The highest BCUT2D eigenvalue weighted by Crippen LogP contribution is 2.26. The van der Waals surface area contributed by atoms with Gasteiger partial charge in [-0.05, 0) is 17.7 Å². The first-order valence-corrected chi connectivity index (χ1v) is 7.85. The van der Waals surface area contributed by atoms with Gasteiger partial charge in [-0.15, -0.1) is 5.10 Å². The van der Waals surface area contributed by atoms with E-state index in [9.17, 15) is 9.59 Å². The third-order valence-electron chi connectivity index (χ3n) is 4.08. The lowest BCUT2D eigenvalue weighted by Crippen LogP contribution is -2.52. The van der Waals surface area contributed by atoms with E-state index in [0.717, 1.165) is 5.56 Å². The van der Waals surface area contributed by atoms with Crippen molar-refractivity contribution in [2.24, 2.45) is 5.10 Å². The number of aromatic nitrogens is 2. The molecule has 2 aliphatic rings. The largest absolute Gasteiger partial charge is 0.323 e. The Labute approximate surface area is 135 Å². The molecule has 2 aromatic heterocycles. The van der Waals surface area contributed by atoms with E-state index in [-0.39, 0.29) is 17.8 Å². The number of amides is 2. The van der Waals surface area contributed by atoms with Crippen molar-refractivity contribution >= 4 is 23.4 Å². The highest BCUT2D eigenvalue weighted by molar-refractivity contribution is 7.07. The molecule has 2 aliphatic heterocycles. The molecule has 4 heterocycles. The number of rotatable bonds is 1. The summed E-state index contributed by atoms with van der Waals surface area (Å²) in [5.74, 6) is 0. The average molecular weight is 330 g/mol. The molecule has 2 amide bonds. The van der Waals surface area contributed by atoms with Crippen LogP contribution in [0.3, 0.4) is 0 Å². The van der Waals surface area contributed by atoms with Gasteiger partial charge in [-0.2, -0.15) is 0 Å². The number of nitrogens with zero attached hydrogens (tertiary/aromatic N) is 5. The topological polar surface area (TPSA) is 82.8 Å². The fraction of sp³-hybridized carbons (Fsp3) is 0.286. The van der Waals surface area contributed by atoms with E-state index in [2.05, 4.69) is 15.5 Å². The zero-order chi connectivity index (χ0) is 16.1. The minimum Gasteiger partial charge on any atom is -0.303 e. The molecule has 0 spiro atoms. The van der Waals surface area contributed by atoms with Gasteiger partial charge in [0, 0.05) is 26.5 Å². The van der Waals surface area contributed by atoms with Gasteiger partial charge in [0.15, 0.2) is 12.3 Å². The van der Waals surface area contributed by atoms with Crippen molar-refractivity contribution in [3.63, 3.8) is 0 Å². The second-order valence-electron chi connectivity index (χ2n) is 5.46. The summed E-state index contributed by atoms with van der Waals surface area (Å²) in [5.41, 5.74) is 3.66. The summed E-state index contributed by atoms with van der Waals surface area (Å²) in [6.07, 6.45) is 4.41. The molecule has 118 valence electrons. The van der Waals surface area contributed by atoms with Gasteiger partial charge in [-0.3, -0.25) is 19.8 Å². The number of carbonyl (C=O) groups is 1. The van der Waals surface area contributed by atoms with E-state index >= 15 is 0 Å². The lowest BCUT2D eigenvalue weighted by Gasteiger charge is -2.27. The van der Waals surface area contributed by atoms with Gasteiger partial charge < -0.3 is 9.80 Å². The molecule has 1 fully saturated rings. The van der Waals surface area contributed by atoms with Gasteiger partial charge in [0.05, 0.1) is 4.53 Å². The molecular formula is C14H14N6O2S. The van der Waals surface area contributed by atoms with Crippen LogP contribution in [0.2, 0.25) is 0 Å². The predicted molar refractivity (Wildman–Crippen MR) is 84.0 cm³/mol. The molecule has 0 aromatic carbocycles. The van der Waals surface area contributed by atoms with Gasteiger partial charge in [0.25, 0.3) is 5.56 Å². The Hall–Kier alpha value is -2.68. The molecular weight excluding hydrogens is 316 g/mol. The van der Waals surface area contributed by atoms with Crippen molar-refractivity contribution < 1.29 is 4.79 Å². The second kappa shape index (κ2) is 4.92. The Balaban J connectivity index is 1.90. The van der Waals surface area contributed by atoms with Crippen LogP contribution in [0.15, 0.2) is 34.4 Å². The zero-order valence-corrected chi connectivity index (χ0v) is 13.3. The molecule has 9 heteroatoms. The lowest BCUT2D eigenvalue weighted by molar-refractivity contribution is 0.171. The van der Waals surface area contributed by atoms with Crippen LogP contribution < -0.4 is 20.3 Å². The number of carbonyl (C=O) groups excluding carboxylic acids is 1. The van der Waals surface area contributed by atoms with Crippen LogP contribution in [0.25, 0.3) is 6.08 Å². The number of urea groups is 1. The molecule has 0 aliphatic carbocycles. The van der Waals surface area contributed by atoms with Crippen molar-refractivity contribution in [1.29, 1.82) is 0 Å². The van der Waals surface area contributed by atoms with Gasteiger partial charge in [-0.1, -0.05) is 17.4 Å². The quantitative estimate of drug-likeness (QED) is 0.734. The minimum absolute atomic E-state index is 0.147. The monoisotopic (exact) mass is 330 g/mol. The molecule has 23 heavy (non-hydrogen) atoms. The Morgan fingerprint density at radius 3 is 2.87 bits per heavy atom. The third kappa shape index (κ3) is 1.96. The van der Waals surface area contributed by atoms with Crippen LogP contribution in [-0.2, 0) is 0 Å². The molecule has 1 N–H and O–H groups in total. The smallest absolute Gasteiger partial charge is 0.303 e. The van der Waals surface area contributed by atoms with Crippen molar-refractivity contribution in [3.8, 4) is 0 Å². The Bertz CT molecular complexity index is 950. The number of thiazole rings is 1. The van der Waals surface area contributed by atoms with Crippen molar-refractivity contribution in [3.05, 3.63) is 49.8 Å². The van der Waals surface area contributed by atoms with Crippen LogP contribution in [0.1, 0.15) is 11.7 Å².